The van der Waals surface area contributed by atoms with Crippen molar-refractivity contribution in [3.05, 3.63) is 48.0 Å². The molecule has 0 N–H and O–H groups in total. The topological polar surface area (TPSA) is 30.2 Å². The number of fused-ring (bicyclic) bond motifs is 2. The maximum atomic E-state index is 12.0. The van der Waals surface area contributed by atoms with Crippen molar-refractivity contribution >= 4 is 39.5 Å². The molecule has 3 aromatic rings. The van der Waals surface area contributed by atoms with Crippen molar-refractivity contribution in [2.45, 2.75) is 0 Å². The van der Waals surface area contributed by atoms with E-state index in [1.807, 2.05) is 49.5 Å². The molecule has 0 aliphatic carbocycles. The van der Waals surface area contributed by atoms with E-state index in [1.54, 1.807) is 7.11 Å². The number of pyridine rings is 1. The third-order valence-corrected chi connectivity index (χ3v) is 3.81. The van der Waals surface area contributed by atoms with E-state index < -0.39 is 0 Å². The lowest BCUT2D eigenvalue weighted by Gasteiger charge is -2.08. The second kappa shape index (κ2) is 4.80. The van der Waals surface area contributed by atoms with Gasteiger partial charge in [0.1, 0.15) is 12.8 Å². The van der Waals surface area contributed by atoms with Crippen molar-refractivity contribution in [2.24, 2.45) is 7.05 Å². The minimum atomic E-state index is -0.225. The molecule has 1 heterocycles. The molecule has 0 aliphatic heterocycles. The van der Waals surface area contributed by atoms with Gasteiger partial charge in [0.05, 0.1) is 29.5 Å². The van der Waals surface area contributed by atoms with Gasteiger partial charge in [0.25, 0.3) is 0 Å². The zero-order chi connectivity index (χ0) is 14.3. The van der Waals surface area contributed by atoms with Crippen molar-refractivity contribution in [1.29, 1.82) is 0 Å². The minimum Gasteiger partial charge on any atom is -0.497 e. The van der Waals surface area contributed by atoms with Crippen LogP contribution in [0.4, 0.5) is 0 Å². The van der Waals surface area contributed by atoms with Gasteiger partial charge in [0.15, 0.2) is 0 Å². The Morgan fingerprint density at radius 3 is 2.50 bits per heavy atom. The largest absolute Gasteiger partial charge is 0.497 e. The van der Waals surface area contributed by atoms with E-state index in [2.05, 4.69) is 17.2 Å². The summed E-state index contributed by atoms with van der Waals surface area (Å²) in [5.74, 6) is 0.765. The van der Waals surface area contributed by atoms with Gasteiger partial charge in [-0.05, 0) is 18.2 Å². The first-order valence-corrected chi connectivity index (χ1v) is 6.70. The van der Waals surface area contributed by atoms with Crippen LogP contribution in [0.2, 0.25) is 0 Å². The van der Waals surface area contributed by atoms with Crippen LogP contribution in [-0.2, 0) is 7.05 Å². The number of rotatable bonds is 2. The van der Waals surface area contributed by atoms with Gasteiger partial charge in [-0.3, -0.25) is 4.79 Å². The predicted molar refractivity (Wildman–Crippen MR) is 82.5 cm³/mol. The summed E-state index contributed by atoms with van der Waals surface area (Å²) in [4.78, 5) is 12.0. The van der Waals surface area contributed by atoms with Crippen LogP contribution in [0.3, 0.4) is 0 Å². The van der Waals surface area contributed by atoms with Gasteiger partial charge in [-0.25, -0.2) is 0 Å². The van der Waals surface area contributed by atoms with E-state index >= 15 is 0 Å². The second-order valence-electron chi connectivity index (χ2n) is 4.64. The first-order chi connectivity index (χ1) is 9.63. The fraction of sp³-hybridized carbons (Fsp3) is 0.125. The lowest BCUT2D eigenvalue weighted by molar-refractivity contribution is -0.617. The number of hydrogen-bond donors (Lipinski definition) is 1. The molecule has 1 aromatic heterocycles. The Balaban J connectivity index is 2.58. The van der Waals surface area contributed by atoms with E-state index in [9.17, 15) is 4.79 Å². The fourth-order valence-corrected chi connectivity index (χ4v) is 2.85. The molecule has 0 saturated heterocycles. The number of aromatic nitrogens is 1. The highest BCUT2D eigenvalue weighted by Crippen LogP contribution is 2.28. The molecule has 0 spiro atoms. The number of para-hydroxylation sites is 1. The molecule has 0 atom stereocenters. The highest BCUT2D eigenvalue weighted by molar-refractivity contribution is 7.97. The number of thiol groups is 1. The first kappa shape index (κ1) is 12.9. The van der Waals surface area contributed by atoms with Gasteiger partial charge >= 0.3 is 0 Å². The summed E-state index contributed by atoms with van der Waals surface area (Å²) in [6.07, 6.45) is 0. The highest BCUT2D eigenvalue weighted by Gasteiger charge is 2.20. The fourth-order valence-electron chi connectivity index (χ4n) is 2.61. The van der Waals surface area contributed by atoms with Crippen molar-refractivity contribution < 1.29 is 14.1 Å². The molecule has 100 valence electrons. The molecule has 4 heteroatoms. The lowest BCUT2D eigenvalue weighted by atomic mass is 10.0. The summed E-state index contributed by atoms with van der Waals surface area (Å²) in [7, 11) is 3.61. The average molecular weight is 284 g/mol. The van der Waals surface area contributed by atoms with Crippen LogP contribution in [0.5, 0.6) is 5.75 Å². The molecule has 0 bridgehead atoms. The molecule has 3 nitrogen and oxygen atoms in total. The third kappa shape index (κ3) is 1.84. The van der Waals surface area contributed by atoms with E-state index in [4.69, 9.17) is 4.74 Å². The van der Waals surface area contributed by atoms with E-state index in [0.29, 0.717) is 5.56 Å². The van der Waals surface area contributed by atoms with E-state index in [-0.39, 0.29) is 5.12 Å². The van der Waals surface area contributed by atoms with Crippen molar-refractivity contribution in [3.8, 4) is 5.75 Å². The summed E-state index contributed by atoms with van der Waals surface area (Å²) in [6.45, 7) is 0. The van der Waals surface area contributed by atoms with Crippen LogP contribution in [0.1, 0.15) is 10.4 Å². The van der Waals surface area contributed by atoms with Crippen LogP contribution < -0.4 is 9.30 Å². The summed E-state index contributed by atoms with van der Waals surface area (Å²) in [5, 5.41) is 1.57. The Bertz CT molecular complexity index is 843. The number of ether oxygens (including phenoxy) is 1. The van der Waals surface area contributed by atoms with Crippen molar-refractivity contribution in [1.82, 2.24) is 0 Å². The van der Waals surface area contributed by atoms with E-state index in [0.717, 1.165) is 27.6 Å². The maximum Gasteiger partial charge on any atom is 0.218 e. The molecule has 3 rings (SSSR count). The van der Waals surface area contributed by atoms with Crippen LogP contribution >= 0.6 is 12.6 Å². The number of carbonyl (C=O) groups excluding carboxylic acids is 1. The van der Waals surface area contributed by atoms with Crippen LogP contribution in [0.25, 0.3) is 21.8 Å². The molecule has 0 unspecified atom stereocenters. The highest BCUT2D eigenvalue weighted by atomic mass is 32.1. The normalized spacial score (nSPS) is 10.9. The Morgan fingerprint density at radius 2 is 1.80 bits per heavy atom. The molecular weight excluding hydrogens is 270 g/mol. The zero-order valence-corrected chi connectivity index (χ0v) is 12.1. The Morgan fingerprint density at radius 1 is 1.10 bits per heavy atom. The smallest absolute Gasteiger partial charge is 0.218 e. The third-order valence-electron chi connectivity index (χ3n) is 3.58. The predicted octanol–water partition coefficient (Wildman–Crippen LogP) is 2.90. The molecule has 0 fully saturated rings. The summed E-state index contributed by atoms with van der Waals surface area (Å²) >= 11 is 4.04. The zero-order valence-electron chi connectivity index (χ0n) is 11.3. The lowest BCUT2D eigenvalue weighted by Crippen LogP contribution is -2.31. The summed E-state index contributed by atoms with van der Waals surface area (Å²) in [5.41, 5.74) is 2.57. The van der Waals surface area contributed by atoms with Gasteiger partial charge in [-0.2, -0.15) is 4.57 Å². The summed E-state index contributed by atoms with van der Waals surface area (Å²) in [6, 6.07) is 13.5. The van der Waals surface area contributed by atoms with Crippen LogP contribution in [0.15, 0.2) is 42.5 Å². The maximum absolute atomic E-state index is 12.0. The number of nitrogens with zero attached hydrogens (tertiary/aromatic N) is 1. The molecule has 20 heavy (non-hydrogen) atoms. The van der Waals surface area contributed by atoms with Crippen molar-refractivity contribution in [2.75, 3.05) is 7.11 Å². The SMILES string of the molecule is COc1ccc2c(C(=O)S)c3ccccc3[n+](C)c2c1. The minimum absolute atomic E-state index is 0.225. The second-order valence-corrected chi connectivity index (χ2v) is 5.05. The number of carbonyl (C=O) groups is 1. The molecule has 2 aromatic carbocycles. The van der Waals surface area contributed by atoms with Crippen LogP contribution in [0, 0.1) is 0 Å². The van der Waals surface area contributed by atoms with Gasteiger partial charge in [-0.1, -0.05) is 12.1 Å². The quantitative estimate of drug-likeness (QED) is 0.445. The molecule has 0 aliphatic rings. The molecular formula is C16H14NO2S+. The molecule has 0 amide bonds. The van der Waals surface area contributed by atoms with Crippen molar-refractivity contribution in [3.63, 3.8) is 0 Å². The number of aryl methyl sites for hydroxylation is 1. The number of methoxy groups -OCH3 is 1. The van der Waals surface area contributed by atoms with Gasteiger partial charge < -0.3 is 4.74 Å². The standard InChI is InChI=1S/C16H13NO2S/c1-17-13-6-4-3-5-11(13)15(16(18)20)12-8-7-10(19-2)9-14(12)17/h3-9H,1-2H3/p+1. The molecule has 0 radical (unpaired) electrons. The number of hydrogen-bond acceptors (Lipinski definition) is 2. The number of benzene rings is 2. The van der Waals surface area contributed by atoms with E-state index in [1.165, 1.54) is 0 Å². The summed E-state index contributed by atoms with van der Waals surface area (Å²) < 4.78 is 7.34. The monoisotopic (exact) mass is 284 g/mol. The van der Waals surface area contributed by atoms with Crippen LogP contribution in [-0.4, -0.2) is 12.2 Å². The average Bonchev–Trinajstić information content (AvgIpc) is 2.47. The molecule has 0 saturated carbocycles. The first-order valence-electron chi connectivity index (χ1n) is 6.25. The Hall–Kier alpha value is -2.07. The van der Waals surface area contributed by atoms with Gasteiger partial charge in [0.2, 0.25) is 16.1 Å². The van der Waals surface area contributed by atoms with Gasteiger partial charge in [-0.15, -0.1) is 12.6 Å². The van der Waals surface area contributed by atoms with Gasteiger partial charge in [0, 0.05) is 6.07 Å². The Labute approximate surface area is 122 Å². The Kier molecular flexibility index (Phi) is 3.10.